The van der Waals surface area contributed by atoms with Crippen molar-refractivity contribution in [3.05, 3.63) is 65.9 Å². The normalized spacial score (nSPS) is 15.3. The number of methoxy groups -OCH3 is 1. The van der Waals surface area contributed by atoms with E-state index in [9.17, 15) is 4.79 Å². The monoisotopic (exact) mass is 350 g/mol. The van der Waals surface area contributed by atoms with Gasteiger partial charge in [-0.3, -0.25) is 9.69 Å². The van der Waals surface area contributed by atoms with Crippen molar-refractivity contribution < 1.29 is 13.9 Å². The Hall–Kier alpha value is -2.79. The summed E-state index contributed by atoms with van der Waals surface area (Å²) in [5.41, 5.74) is 2.82. The highest BCUT2D eigenvalue weighted by Crippen LogP contribution is 2.21. The van der Waals surface area contributed by atoms with Crippen LogP contribution in [0, 0.1) is 0 Å². The topological polar surface area (TPSA) is 45.9 Å². The van der Waals surface area contributed by atoms with Crippen molar-refractivity contribution in [3.63, 3.8) is 0 Å². The van der Waals surface area contributed by atoms with Crippen LogP contribution in [0.2, 0.25) is 0 Å². The molecule has 4 rings (SSSR count). The lowest BCUT2D eigenvalue weighted by molar-refractivity contribution is 0.0625. The van der Waals surface area contributed by atoms with Crippen molar-refractivity contribution in [1.29, 1.82) is 0 Å². The highest BCUT2D eigenvalue weighted by atomic mass is 16.5. The Morgan fingerprint density at radius 1 is 1.08 bits per heavy atom. The zero-order valence-electron chi connectivity index (χ0n) is 14.9. The quantitative estimate of drug-likeness (QED) is 0.723. The Morgan fingerprint density at radius 3 is 2.69 bits per heavy atom. The van der Waals surface area contributed by atoms with Crippen LogP contribution in [-0.4, -0.2) is 49.0 Å². The van der Waals surface area contributed by atoms with E-state index in [2.05, 4.69) is 17.0 Å². The summed E-state index contributed by atoms with van der Waals surface area (Å²) < 4.78 is 10.7. The Labute approximate surface area is 152 Å². The number of furan rings is 1. The fraction of sp³-hybridized carbons (Fsp3) is 0.286. The molecule has 1 amide bonds. The summed E-state index contributed by atoms with van der Waals surface area (Å²) in [7, 11) is 1.60. The van der Waals surface area contributed by atoms with Crippen LogP contribution in [0.3, 0.4) is 0 Å². The second-order valence-electron chi connectivity index (χ2n) is 6.56. The highest BCUT2D eigenvalue weighted by Gasteiger charge is 2.24. The van der Waals surface area contributed by atoms with Crippen LogP contribution in [0.15, 0.2) is 59.2 Å². The van der Waals surface area contributed by atoms with E-state index in [1.165, 1.54) is 5.56 Å². The molecule has 3 aromatic rings. The maximum absolute atomic E-state index is 12.8. The number of piperazine rings is 1. The largest absolute Gasteiger partial charge is 0.496 e. The van der Waals surface area contributed by atoms with Crippen molar-refractivity contribution in [2.45, 2.75) is 6.54 Å². The number of fused-ring (bicyclic) bond motifs is 1. The molecule has 0 unspecified atom stereocenters. The van der Waals surface area contributed by atoms with Gasteiger partial charge in [-0.25, -0.2) is 0 Å². The predicted octanol–water partition coefficient (Wildman–Crippen LogP) is 3.40. The SMILES string of the molecule is COc1ccccc1C(=O)N1CCN(Cc2ccc3occc3c2)CC1. The number of benzene rings is 2. The smallest absolute Gasteiger partial charge is 0.257 e. The zero-order chi connectivity index (χ0) is 17.9. The van der Waals surface area contributed by atoms with Gasteiger partial charge in [-0.15, -0.1) is 0 Å². The number of amides is 1. The second kappa shape index (κ2) is 7.22. The first-order chi connectivity index (χ1) is 12.7. The second-order valence-corrected chi connectivity index (χ2v) is 6.56. The van der Waals surface area contributed by atoms with Gasteiger partial charge in [0, 0.05) is 38.1 Å². The minimum absolute atomic E-state index is 0.0434. The molecule has 5 nitrogen and oxygen atoms in total. The first-order valence-electron chi connectivity index (χ1n) is 8.85. The summed E-state index contributed by atoms with van der Waals surface area (Å²) in [5, 5.41) is 1.13. The third-order valence-electron chi connectivity index (χ3n) is 4.92. The summed E-state index contributed by atoms with van der Waals surface area (Å²) in [6, 6.07) is 15.7. The van der Waals surface area contributed by atoms with Gasteiger partial charge in [0.25, 0.3) is 5.91 Å². The first-order valence-corrected chi connectivity index (χ1v) is 8.85. The van der Waals surface area contributed by atoms with Crippen molar-refractivity contribution in [3.8, 4) is 5.75 Å². The molecule has 1 fully saturated rings. The Bertz CT molecular complexity index is 910. The zero-order valence-corrected chi connectivity index (χ0v) is 14.9. The van der Waals surface area contributed by atoms with Gasteiger partial charge in [0.2, 0.25) is 0 Å². The fourth-order valence-electron chi connectivity index (χ4n) is 3.47. The molecule has 134 valence electrons. The maximum Gasteiger partial charge on any atom is 0.257 e. The molecule has 26 heavy (non-hydrogen) atoms. The number of hydrogen-bond donors (Lipinski definition) is 0. The third-order valence-corrected chi connectivity index (χ3v) is 4.92. The van der Waals surface area contributed by atoms with Gasteiger partial charge in [-0.1, -0.05) is 18.2 Å². The van der Waals surface area contributed by atoms with Crippen LogP contribution in [0.1, 0.15) is 15.9 Å². The standard InChI is InChI=1S/C21H22N2O3/c1-25-20-5-3-2-4-18(20)21(24)23-11-9-22(10-12-23)15-16-6-7-19-17(14-16)8-13-26-19/h2-8,13-14H,9-12,15H2,1H3. The molecule has 0 radical (unpaired) electrons. The molecule has 2 aromatic carbocycles. The molecule has 0 aliphatic carbocycles. The van der Waals surface area contributed by atoms with E-state index in [4.69, 9.17) is 9.15 Å². The molecule has 1 saturated heterocycles. The average Bonchev–Trinajstić information content (AvgIpc) is 3.16. The summed E-state index contributed by atoms with van der Waals surface area (Å²) >= 11 is 0. The highest BCUT2D eigenvalue weighted by molar-refractivity contribution is 5.97. The average molecular weight is 350 g/mol. The minimum Gasteiger partial charge on any atom is -0.496 e. The molecule has 2 heterocycles. The number of para-hydroxylation sites is 1. The van der Waals surface area contributed by atoms with E-state index in [1.54, 1.807) is 13.4 Å². The molecule has 5 heteroatoms. The lowest BCUT2D eigenvalue weighted by Crippen LogP contribution is -2.48. The van der Waals surface area contributed by atoms with Crippen molar-refractivity contribution in [1.82, 2.24) is 9.80 Å². The van der Waals surface area contributed by atoms with Gasteiger partial charge >= 0.3 is 0 Å². The van der Waals surface area contributed by atoms with Gasteiger partial charge in [0.1, 0.15) is 11.3 Å². The number of ether oxygens (including phenoxy) is 1. The van der Waals surface area contributed by atoms with E-state index in [0.717, 1.165) is 43.7 Å². The first kappa shape index (κ1) is 16.7. The van der Waals surface area contributed by atoms with Crippen LogP contribution in [0.5, 0.6) is 5.75 Å². The molecular formula is C21H22N2O3. The number of carbonyl (C=O) groups excluding carboxylic acids is 1. The van der Waals surface area contributed by atoms with E-state index < -0.39 is 0 Å². The van der Waals surface area contributed by atoms with Gasteiger partial charge in [-0.05, 0) is 35.9 Å². The Kier molecular flexibility index (Phi) is 4.63. The van der Waals surface area contributed by atoms with Crippen molar-refractivity contribution >= 4 is 16.9 Å². The summed E-state index contributed by atoms with van der Waals surface area (Å²) in [5.74, 6) is 0.676. The molecule has 1 aromatic heterocycles. The Morgan fingerprint density at radius 2 is 1.88 bits per heavy atom. The molecule has 0 atom stereocenters. The maximum atomic E-state index is 12.8. The van der Waals surface area contributed by atoms with Crippen LogP contribution < -0.4 is 4.74 Å². The van der Waals surface area contributed by atoms with Crippen LogP contribution in [0.25, 0.3) is 11.0 Å². The third kappa shape index (κ3) is 3.30. The molecular weight excluding hydrogens is 328 g/mol. The van der Waals surface area contributed by atoms with Crippen LogP contribution in [-0.2, 0) is 6.54 Å². The molecule has 0 spiro atoms. The number of carbonyl (C=O) groups is 1. The minimum atomic E-state index is 0.0434. The van der Waals surface area contributed by atoms with Crippen LogP contribution >= 0.6 is 0 Å². The summed E-state index contributed by atoms with van der Waals surface area (Å²) in [4.78, 5) is 17.1. The molecule has 1 aliphatic heterocycles. The molecule has 1 aliphatic rings. The van der Waals surface area contributed by atoms with Gasteiger partial charge < -0.3 is 14.1 Å². The lowest BCUT2D eigenvalue weighted by Gasteiger charge is -2.35. The molecule has 0 bridgehead atoms. The molecule has 0 N–H and O–H groups in total. The fourth-order valence-corrected chi connectivity index (χ4v) is 3.47. The van der Waals surface area contributed by atoms with Gasteiger partial charge in [0.05, 0.1) is 18.9 Å². The number of rotatable bonds is 4. The number of nitrogens with zero attached hydrogens (tertiary/aromatic N) is 2. The van der Waals surface area contributed by atoms with Gasteiger partial charge in [-0.2, -0.15) is 0 Å². The van der Waals surface area contributed by atoms with Crippen molar-refractivity contribution in [2.75, 3.05) is 33.3 Å². The summed E-state index contributed by atoms with van der Waals surface area (Å²) in [6.07, 6.45) is 1.72. The summed E-state index contributed by atoms with van der Waals surface area (Å²) in [6.45, 7) is 4.07. The predicted molar refractivity (Wildman–Crippen MR) is 100 cm³/mol. The van der Waals surface area contributed by atoms with E-state index in [1.807, 2.05) is 41.3 Å². The number of hydrogen-bond acceptors (Lipinski definition) is 4. The van der Waals surface area contributed by atoms with E-state index in [0.29, 0.717) is 11.3 Å². The lowest BCUT2D eigenvalue weighted by atomic mass is 10.1. The van der Waals surface area contributed by atoms with Gasteiger partial charge in [0.15, 0.2) is 0 Å². The van der Waals surface area contributed by atoms with Crippen LogP contribution in [0.4, 0.5) is 0 Å². The van der Waals surface area contributed by atoms with Crippen molar-refractivity contribution in [2.24, 2.45) is 0 Å². The van der Waals surface area contributed by atoms with E-state index >= 15 is 0 Å². The van der Waals surface area contributed by atoms with E-state index in [-0.39, 0.29) is 5.91 Å². The molecule has 0 saturated carbocycles. The Balaban J connectivity index is 1.38.